The molecular formula is C12H18N6. The maximum Gasteiger partial charge on any atom is 0.223 e. The molecule has 18 heavy (non-hydrogen) atoms. The van der Waals surface area contributed by atoms with E-state index in [2.05, 4.69) is 39.4 Å². The minimum atomic E-state index is 0.651. The van der Waals surface area contributed by atoms with Crippen LogP contribution in [0.25, 0.3) is 11.4 Å². The highest BCUT2D eigenvalue weighted by molar-refractivity contribution is 5.54. The summed E-state index contributed by atoms with van der Waals surface area (Å²) in [5.74, 6) is 0.651. The lowest BCUT2D eigenvalue weighted by Crippen LogP contribution is -2.06. The summed E-state index contributed by atoms with van der Waals surface area (Å²) in [6.07, 6.45) is 5.55. The summed E-state index contributed by atoms with van der Waals surface area (Å²) in [6.45, 7) is 5.93. The largest absolute Gasteiger partial charge is 0.354 e. The van der Waals surface area contributed by atoms with Crippen molar-refractivity contribution in [2.24, 2.45) is 0 Å². The second-order valence-electron chi connectivity index (χ2n) is 4.03. The fraction of sp³-hybridized carbons (Fsp3) is 0.500. The highest BCUT2D eigenvalue weighted by atomic mass is 15.4. The van der Waals surface area contributed by atoms with Gasteiger partial charge in [-0.3, -0.25) is 0 Å². The van der Waals surface area contributed by atoms with Crippen LogP contribution in [0.2, 0.25) is 0 Å². The van der Waals surface area contributed by atoms with Gasteiger partial charge in [0.15, 0.2) is 0 Å². The highest BCUT2D eigenvalue weighted by Crippen LogP contribution is 2.16. The van der Waals surface area contributed by atoms with Gasteiger partial charge in [-0.25, -0.2) is 14.6 Å². The number of nitrogens with one attached hydrogen (secondary N) is 1. The monoisotopic (exact) mass is 246 g/mol. The molecule has 0 aliphatic carbocycles. The van der Waals surface area contributed by atoms with E-state index in [-0.39, 0.29) is 0 Å². The minimum Gasteiger partial charge on any atom is -0.354 e. The predicted octanol–water partition coefficient (Wildman–Crippen LogP) is 1.97. The summed E-state index contributed by atoms with van der Waals surface area (Å²) in [7, 11) is 0. The molecule has 6 nitrogen and oxygen atoms in total. The third kappa shape index (κ3) is 2.82. The molecule has 2 heterocycles. The van der Waals surface area contributed by atoms with Gasteiger partial charge in [0.05, 0.1) is 11.9 Å². The molecule has 0 radical (unpaired) electrons. The second kappa shape index (κ2) is 6.09. The van der Waals surface area contributed by atoms with E-state index in [1.54, 1.807) is 12.4 Å². The van der Waals surface area contributed by atoms with Crippen LogP contribution in [0.1, 0.15) is 26.7 Å². The Hall–Kier alpha value is -1.98. The Labute approximate surface area is 106 Å². The molecule has 0 saturated carbocycles. The third-order valence-electron chi connectivity index (χ3n) is 2.50. The molecule has 0 aliphatic rings. The van der Waals surface area contributed by atoms with Crippen LogP contribution in [-0.4, -0.2) is 31.5 Å². The van der Waals surface area contributed by atoms with Gasteiger partial charge in [-0.2, -0.15) is 0 Å². The molecule has 0 saturated heterocycles. The van der Waals surface area contributed by atoms with Crippen molar-refractivity contribution in [1.29, 1.82) is 0 Å². The van der Waals surface area contributed by atoms with Gasteiger partial charge >= 0.3 is 0 Å². The third-order valence-corrected chi connectivity index (χ3v) is 2.50. The van der Waals surface area contributed by atoms with Crippen LogP contribution in [-0.2, 0) is 6.54 Å². The molecule has 1 N–H and O–H groups in total. The summed E-state index contributed by atoms with van der Waals surface area (Å²) >= 11 is 0. The van der Waals surface area contributed by atoms with E-state index < -0.39 is 0 Å². The molecule has 96 valence electrons. The standard InChI is InChI=1S/C12H18N6/c1-3-6-13-12-14-7-5-10(16-12)11-9-15-17-18(11)8-4-2/h5,7,9H,3-4,6,8H2,1-2H3,(H,13,14,16). The number of rotatable bonds is 6. The van der Waals surface area contributed by atoms with Crippen molar-refractivity contribution in [3.63, 3.8) is 0 Å². The zero-order valence-electron chi connectivity index (χ0n) is 10.8. The molecule has 0 unspecified atom stereocenters. The summed E-state index contributed by atoms with van der Waals surface area (Å²) in [6, 6.07) is 1.88. The van der Waals surface area contributed by atoms with Crippen molar-refractivity contribution in [2.75, 3.05) is 11.9 Å². The summed E-state index contributed by atoms with van der Waals surface area (Å²) in [5, 5.41) is 11.2. The van der Waals surface area contributed by atoms with E-state index in [4.69, 9.17) is 0 Å². The second-order valence-corrected chi connectivity index (χ2v) is 4.03. The molecule has 0 atom stereocenters. The molecule has 0 aliphatic heterocycles. The number of aryl methyl sites for hydroxylation is 1. The maximum absolute atomic E-state index is 4.47. The van der Waals surface area contributed by atoms with Crippen molar-refractivity contribution in [2.45, 2.75) is 33.2 Å². The quantitative estimate of drug-likeness (QED) is 0.844. The van der Waals surface area contributed by atoms with E-state index in [0.29, 0.717) is 5.95 Å². The van der Waals surface area contributed by atoms with Crippen molar-refractivity contribution in [1.82, 2.24) is 25.0 Å². The van der Waals surface area contributed by atoms with Crippen LogP contribution >= 0.6 is 0 Å². The Morgan fingerprint density at radius 2 is 2.17 bits per heavy atom. The minimum absolute atomic E-state index is 0.651. The van der Waals surface area contributed by atoms with Gasteiger partial charge in [-0.1, -0.05) is 19.1 Å². The van der Waals surface area contributed by atoms with Gasteiger partial charge in [-0.15, -0.1) is 5.10 Å². The molecule has 0 amide bonds. The number of hydrogen-bond acceptors (Lipinski definition) is 5. The average molecular weight is 246 g/mol. The van der Waals surface area contributed by atoms with Gasteiger partial charge in [-0.05, 0) is 18.9 Å². The van der Waals surface area contributed by atoms with Crippen LogP contribution in [0.4, 0.5) is 5.95 Å². The molecule has 0 bridgehead atoms. The summed E-state index contributed by atoms with van der Waals surface area (Å²) < 4.78 is 1.87. The Balaban J connectivity index is 2.24. The Kier molecular flexibility index (Phi) is 4.22. The van der Waals surface area contributed by atoms with Crippen LogP contribution < -0.4 is 5.32 Å². The lowest BCUT2D eigenvalue weighted by Gasteiger charge is -2.06. The smallest absolute Gasteiger partial charge is 0.223 e. The van der Waals surface area contributed by atoms with Crippen molar-refractivity contribution in [3.8, 4) is 11.4 Å². The van der Waals surface area contributed by atoms with Gasteiger partial charge in [0.1, 0.15) is 5.69 Å². The van der Waals surface area contributed by atoms with E-state index >= 15 is 0 Å². The molecule has 0 fully saturated rings. The lowest BCUT2D eigenvalue weighted by molar-refractivity contribution is 0.583. The maximum atomic E-state index is 4.47. The van der Waals surface area contributed by atoms with E-state index in [0.717, 1.165) is 37.3 Å². The molecule has 2 aromatic rings. The van der Waals surface area contributed by atoms with Gasteiger partial charge in [0.25, 0.3) is 0 Å². The summed E-state index contributed by atoms with van der Waals surface area (Å²) in [4.78, 5) is 8.66. The van der Waals surface area contributed by atoms with Crippen molar-refractivity contribution in [3.05, 3.63) is 18.5 Å². The van der Waals surface area contributed by atoms with Crippen molar-refractivity contribution < 1.29 is 0 Å². The molecular weight excluding hydrogens is 228 g/mol. The summed E-state index contributed by atoms with van der Waals surface area (Å²) in [5.41, 5.74) is 1.78. The predicted molar refractivity (Wildman–Crippen MR) is 70.1 cm³/mol. The van der Waals surface area contributed by atoms with Gasteiger partial charge < -0.3 is 5.32 Å². The number of aromatic nitrogens is 5. The average Bonchev–Trinajstić information content (AvgIpc) is 2.85. The lowest BCUT2D eigenvalue weighted by atomic mass is 10.3. The van der Waals surface area contributed by atoms with Gasteiger partial charge in [0.2, 0.25) is 5.95 Å². The number of hydrogen-bond donors (Lipinski definition) is 1. The van der Waals surface area contributed by atoms with E-state index in [1.807, 2.05) is 10.7 Å². The van der Waals surface area contributed by atoms with Gasteiger partial charge in [0, 0.05) is 19.3 Å². The fourth-order valence-corrected chi connectivity index (χ4v) is 1.66. The first kappa shape index (κ1) is 12.5. The number of nitrogens with zero attached hydrogens (tertiary/aromatic N) is 5. The Morgan fingerprint density at radius 1 is 1.28 bits per heavy atom. The van der Waals surface area contributed by atoms with E-state index in [1.165, 1.54) is 0 Å². The Bertz CT molecular complexity index is 493. The van der Waals surface area contributed by atoms with Crippen LogP contribution in [0.3, 0.4) is 0 Å². The SMILES string of the molecule is CCCNc1nccc(-c2cnnn2CCC)n1. The molecule has 2 rings (SSSR count). The molecule has 0 spiro atoms. The normalized spacial score (nSPS) is 10.6. The number of anilines is 1. The highest BCUT2D eigenvalue weighted by Gasteiger charge is 2.08. The van der Waals surface area contributed by atoms with Crippen molar-refractivity contribution >= 4 is 5.95 Å². The molecule has 0 aromatic carbocycles. The molecule has 6 heteroatoms. The van der Waals surface area contributed by atoms with Crippen LogP contribution in [0.5, 0.6) is 0 Å². The van der Waals surface area contributed by atoms with Crippen LogP contribution in [0, 0.1) is 0 Å². The first-order valence-corrected chi connectivity index (χ1v) is 6.31. The first-order chi connectivity index (χ1) is 8.85. The zero-order chi connectivity index (χ0) is 12.8. The fourth-order valence-electron chi connectivity index (χ4n) is 1.66. The van der Waals surface area contributed by atoms with E-state index in [9.17, 15) is 0 Å². The topological polar surface area (TPSA) is 68.5 Å². The van der Waals surface area contributed by atoms with Crippen LogP contribution in [0.15, 0.2) is 18.5 Å². The Morgan fingerprint density at radius 3 is 2.94 bits per heavy atom. The zero-order valence-corrected chi connectivity index (χ0v) is 10.8. The molecule has 2 aromatic heterocycles. The first-order valence-electron chi connectivity index (χ1n) is 6.31.